The number of fused-ring (bicyclic) bond motifs is 1. The van der Waals surface area contributed by atoms with Gasteiger partial charge in [0, 0.05) is 17.7 Å². The second-order valence-corrected chi connectivity index (χ2v) is 4.80. The SMILES string of the molecule is O=[N+]([O-])c1ccc(ON=Cc2c(O)ccc3ccccc23)cc1. The molecule has 0 fully saturated rings. The minimum Gasteiger partial charge on any atom is -0.507 e. The number of nitro groups is 1. The lowest BCUT2D eigenvalue weighted by Gasteiger charge is -2.04. The molecule has 0 bridgehead atoms. The summed E-state index contributed by atoms with van der Waals surface area (Å²) in [6, 6.07) is 16.6. The van der Waals surface area contributed by atoms with Crippen LogP contribution in [-0.4, -0.2) is 16.2 Å². The van der Waals surface area contributed by atoms with Crippen LogP contribution in [0.15, 0.2) is 65.8 Å². The third-order valence-corrected chi connectivity index (χ3v) is 3.34. The Morgan fingerprint density at radius 3 is 2.52 bits per heavy atom. The van der Waals surface area contributed by atoms with Gasteiger partial charge in [0.15, 0.2) is 5.75 Å². The Morgan fingerprint density at radius 1 is 1.04 bits per heavy atom. The molecular formula is C17H12N2O4. The molecule has 0 aliphatic heterocycles. The third kappa shape index (κ3) is 3.11. The first kappa shape index (κ1) is 14.5. The number of benzene rings is 3. The second-order valence-electron chi connectivity index (χ2n) is 4.80. The summed E-state index contributed by atoms with van der Waals surface area (Å²) < 4.78 is 0. The van der Waals surface area contributed by atoms with Gasteiger partial charge in [0.1, 0.15) is 5.75 Å². The molecule has 114 valence electrons. The Morgan fingerprint density at radius 2 is 1.78 bits per heavy atom. The first-order valence-electron chi connectivity index (χ1n) is 6.81. The smallest absolute Gasteiger partial charge is 0.269 e. The molecule has 6 heteroatoms. The zero-order chi connectivity index (χ0) is 16.2. The fraction of sp³-hybridized carbons (Fsp3) is 0. The number of non-ortho nitro benzene ring substituents is 1. The zero-order valence-electron chi connectivity index (χ0n) is 11.9. The molecule has 0 atom stereocenters. The van der Waals surface area contributed by atoms with Crippen molar-refractivity contribution in [3.05, 3.63) is 76.3 Å². The van der Waals surface area contributed by atoms with Gasteiger partial charge in [-0.25, -0.2) is 0 Å². The van der Waals surface area contributed by atoms with Crippen LogP contribution in [0.4, 0.5) is 5.69 Å². The van der Waals surface area contributed by atoms with Gasteiger partial charge in [-0.2, -0.15) is 0 Å². The van der Waals surface area contributed by atoms with Crippen molar-refractivity contribution in [2.75, 3.05) is 0 Å². The molecule has 0 heterocycles. The van der Waals surface area contributed by atoms with E-state index in [4.69, 9.17) is 4.84 Å². The van der Waals surface area contributed by atoms with Gasteiger partial charge < -0.3 is 9.94 Å². The lowest BCUT2D eigenvalue weighted by atomic mass is 10.0. The van der Waals surface area contributed by atoms with Crippen LogP contribution < -0.4 is 4.84 Å². The Kier molecular flexibility index (Phi) is 3.88. The predicted octanol–water partition coefficient (Wildman–Crippen LogP) is 3.87. The first-order chi connectivity index (χ1) is 11.1. The highest BCUT2D eigenvalue weighted by Gasteiger charge is 2.06. The maximum atomic E-state index is 10.6. The van der Waals surface area contributed by atoms with E-state index in [2.05, 4.69) is 5.16 Å². The van der Waals surface area contributed by atoms with Crippen LogP contribution in [0.5, 0.6) is 11.5 Å². The number of hydrogen-bond donors (Lipinski definition) is 1. The Labute approximate surface area is 131 Å². The summed E-state index contributed by atoms with van der Waals surface area (Å²) >= 11 is 0. The molecule has 0 saturated heterocycles. The molecule has 6 nitrogen and oxygen atoms in total. The lowest BCUT2D eigenvalue weighted by molar-refractivity contribution is -0.384. The summed E-state index contributed by atoms with van der Waals surface area (Å²) in [5.74, 6) is 0.464. The van der Waals surface area contributed by atoms with Crippen molar-refractivity contribution in [3.8, 4) is 11.5 Å². The average molecular weight is 308 g/mol. The van der Waals surface area contributed by atoms with E-state index in [1.54, 1.807) is 6.07 Å². The molecule has 3 rings (SSSR count). The maximum Gasteiger partial charge on any atom is 0.269 e. The number of nitro benzene ring substituents is 1. The number of rotatable bonds is 4. The summed E-state index contributed by atoms with van der Waals surface area (Å²) in [6.45, 7) is 0. The molecule has 0 unspecified atom stereocenters. The maximum absolute atomic E-state index is 10.6. The quantitative estimate of drug-likeness (QED) is 0.450. The van der Waals surface area contributed by atoms with Gasteiger partial charge in [0.25, 0.3) is 5.69 Å². The number of aromatic hydroxyl groups is 1. The number of oxime groups is 1. The summed E-state index contributed by atoms with van der Waals surface area (Å²) in [6.07, 6.45) is 1.42. The largest absolute Gasteiger partial charge is 0.507 e. The molecule has 0 aliphatic rings. The summed E-state index contributed by atoms with van der Waals surface area (Å²) in [4.78, 5) is 15.3. The van der Waals surface area contributed by atoms with Crippen molar-refractivity contribution in [1.29, 1.82) is 0 Å². The van der Waals surface area contributed by atoms with E-state index in [0.29, 0.717) is 11.3 Å². The molecule has 0 aliphatic carbocycles. The van der Waals surface area contributed by atoms with Crippen molar-refractivity contribution in [1.82, 2.24) is 0 Å². The van der Waals surface area contributed by atoms with Gasteiger partial charge in [-0.15, -0.1) is 0 Å². The second kappa shape index (κ2) is 6.15. The van der Waals surface area contributed by atoms with E-state index < -0.39 is 4.92 Å². The highest BCUT2D eigenvalue weighted by Crippen LogP contribution is 2.25. The molecular weight excluding hydrogens is 296 g/mol. The molecule has 0 saturated carbocycles. The number of hydrogen-bond acceptors (Lipinski definition) is 5. The predicted molar refractivity (Wildman–Crippen MR) is 86.9 cm³/mol. The van der Waals surface area contributed by atoms with E-state index in [1.165, 1.54) is 30.5 Å². The summed E-state index contributed by atoms with van der Waals surface area (Å²) in [7, 11) is 0. The van der Waals surface area contributed by atoms with E-state index >= 15 is 0 Å². The highest BCUT2D eigenvalue weighted by atomic mass is 16.6. The monoisotopic (exact) mass is 308 g/mol. The standard InChI is InChI=1S/C17H12N2O4/c20-17-10-5-12-3-1-2-4-15(12)16(17)11-18-23-14-8-6-13(7-9-14)19(21)22/h1-11,20H. The van der Waals surface area contributed by atoms with Gasteiger partial charge in [-0.05, 0) is 29.0 Å². The van der Waals surface area contributed by atoms with Crippen LogP contribution >= 0.6 is 0 Å². The number of nitrogens with zero attached hydrogens (tertiary/aromatic N) is 2. The van der Waals surface area contributed by atoms with Crippen molar-refractivity contribution in [3.63, 3.8) is 0 Å². The van der Waals surface area contributed by atoms with Gasteiger partial charge in [0.05, 0.1) is 11.1 Å². The summed E-state index contributed by atoms with van der Waals surface area (Å²) in [5.41, 5.74) is 0.526. The number of phenolic OH excluding ortho intramolecular Hbond substituents is 1. The topological polar surface area (TPSA) is 85.0 Å². The summed E-state index contributed by atoms with van der Waals surface area (Å²) in [5, 5.41) is 26.2. The Bertz CT molecular complexity index is 889. The van der Waals surface area contributed by atoms with Crippen molar-refractivity contribution < 1.29 is 14.9 Å². The highest BCUT2D eigenvalue weighted by molar-refractivity contribution is 6.02. The van der Waals surface area contributed by atoms with Crippen LogP contribution in [0.3, 0.4) is 0 Å². The van der Waals surface area contributed by atoms with Crippen LogP contribution in [0, 0.1) is 10.1 Å². The van der Waals surface area contributed by atoms with Crippen LogP contribution in [0.2, 0.25) is 0 Å². The minimum atomic E-state index is -0.485. The van der Waals surface area contributed by atoms with Crippen LogP contribution in [0.25, 0.3) is 10.8 Å². The molecule has 23 heavy (non-hydrogen) atoms. The molecule has 3 aromatic rings. The fourth-order valence-electron chi connectivity index (χ4n) is 2.19. The molecule has 0 radical (unpaired) electrons. The molecule has 3 aromatic carbocycles. The minimum absolute atomic E-state index is 0.0203. The van der Waals surface area contributed by atoms with E-state index in [9.17, 15) is 15.2 Å². The van der Waals surface area contributed by atoms with Gasteiger partial charge in [-0.3, -0.25) is 10.1 Å². The van der Waals surface area contributed by atoms with Crippen molar-refractivity contribution in [2.24, 2.45) is 5.16 Å². The third-order valence-electron chi connectivity index (χ3n) is 3.34. The molecule has 0 amide bonds. The van der Waals surface area contributed by atoms with Crippen LogP contribution in [-0.2, 0) is 0 Å². The molecule has 1 N–H and O–H groups in total. The Hall–Kier alpha value is -3.41. The Balaban J connectivity index is 1.83. The fourth-order valence-corrected chi connectivity index (χ4v) is 2.19. The molecule has 0 aromatic heterocycles. The average Bonchev–Trinajstić information content (AvgIpc) is 2.57. The lowest BCUT2D eigenvalue weighted by Crippen LogP contribution is -1.91. The van der Waals surface area contributed by atoms with Crippen LogP contribution in [0.1, 0.15) is 5.56 Å². The normalized spacial score (nSPS) is 11.0. The van der Waals surface area contributed by atoms with E-state index in [-0.39, 0.29) is 11.4 Å². The first-order valence-corrected chi connectivity index (χ1v) is 6.81. The molecule has 0 spiro atoms. The van der Waals surface area contributed by atoms with E-state index in [1.807, 2.05) is 30.3 Å². The van der Waals surface area contributed by atoms with Gasteiger partial charge in [0.2, 0.25) is 0 Å². The van der Waals surface area contributed by atoms with Gasteiger partial charge in [-0.1, -0.05) is 35.5 Å². The van der Waals surface area contributed by atoms with Crippen molar-refractivity contribution in [2.45, 2.75) is 0 Å². The van der Waals surface area contributed by atoms with E-state index in [0.717, 1.165) is 10.8 Å². The van der Waals surface area contributed by atoms with Gasteiger partial charge >= 0.3 is 0 Å². The van der Waals surface area contributed by atoms with Crippen molar-refractivity contribution >= 4 is 22.7 Å². The zero-order valence-corrected chi connectivity index (χ0v) is 11.9. The number of phenols is 1.